The maximum atomic E-state index is 13.0. The van der Waals surface area contributed by atoms with Crippen molar-refractivity contribution in [1.29, 1.82) is 0 Å². The third-order valence-electron chi connectivity index (χ3n) is 2.42. The van der Waals surface area contributed by atoms with Gasteiger partial charge in [0.1, 0.15) is 7.11 Å². The van der Waals surface area contributed by atoms with Gasteiger partial charge in [0.25, 0.3) is 5.56 Å². The molecule has 0 amide bonds. The van der Waals surface area contributed by atoms with Crippen molar-refractivity contribution in [2.24, 2.45) is 0 Å². The number of fused-ring (bicyclic) bond motifs is 1. The van der Waals surface area contributed by atoms with E-state index in [1.54, 1.807) is 0 Å². The maximum absolute atomic E-state index is 13.0. The van der Waals surface area contributed by atoms with E-state index in [4.69, 9.17) is 5.11 Å². The molecule has 0 saturated heterocycles. The van der Waals surface area contributed by atoms with Crippen LogP contribution in [0.4, 0.5) is 8.78 Å². The lowest BCUT2D eigenvalue weighted by molar-refractivity contribution is 0.0630. The van der Waals surface area contributed by atoms with E-state index in [0.717, 1.165) is 19.2 Å². The van der Waals surface area contributed by atoms with E-state index in [1.165, 1.54) is 0 Å². The van der Waals surface area contributed by atoms with E-state index in [2.05, 4.69) is 4.84 Å². The Morgan fingerprint density at radius 2 is 1.89 bits per heavy atom. The summed E-state index contributed by atoms with van der Waals surface area (Å²) in [5, 5.41) is 8.72. The quantitative estimate of drug-likeness (QED) is 0.870. The molecule has 0 aliphatic rings. The standard InChI is InChI=1S/C11H7F2NO4/c1-18-14-9(11(16)17)3-5-2-7(12)8(13)4-6(5)10(14)15/h2-4H,1H3,(H,16,17). The van der Waals surface area contributed by atoms with Crippen molar-refractivity contribution in [3.63, 3.8) is 0 Å². The molecule has 0 bridgehead atoms. The second kappa shape index (κ2) is 4.10. The molecule has 0 atom stereocenters. The molecule has 0 unspecified atom stereocenters. The van der Waals surface area contributed by atoms with Crippen molar-refractivity contribution in [2.45, 2.75) is 0 Å². The van der Waals surface area contributed by atoms with Crippen LogP contribution in [0.15, 0.2) is 23.0 Å². The first-order valence-corrected chi connectivity index (χ1v) is 4.78. The number of pyridine rings is 1. The van der Waals surface area contributed by atoms with E-state index in [1.807, 2.05) is 0 Å². The van der Waals surface area contributed by atoms with E-state index < -0.39 is 28.9 Å². The Labute approximate surface area is 98.8 Å². The van der Waals surface area contributed by atoms with Gasteiger partial charge in [-0.15, -0.1) is 4.73 Å². The molecule has 0 aliphatic carbocycles. The van der Waals surface area contributed by atoms with Gasteiger partial charge in [-0.2, -0.15) is 0 Å². The Morgan fingerprint density at radius 1 is 1.28 bits per heavy atom. The Kier molecular flexibility index (Phi) is 2.74. The van der Waals surface area contributed by atoms with Crippen molar-refractivity contribution < 1.29 is 23.5 Å². The molecule has 0 fully saturated rings. The van der Waals surface area contributed by atoms with Gasteiger partial charge in [-0.25, -0.2) is 13.6 Å². The van der Waals surface area contributed by atoms with Crippen LogP contribution in [0.1, 0.15) is 10.5 Å². The highest BCUT2D eigenvalue weighted by molar-refractivity contribution is 5.92. The molecular weight excluding hydrogens is 248 g/mol. The first-order valence-electron chi connectivity index (χ1n) is 4.78. The van der Waals surface area contributed by atoms with Gasteiger partial charge in [-0.3, -0.25) is 4.79 Å². The fourth-order valence-electron chi connectivity index (χ4n) is 1.62. The number of nitrogens with zero attached hydrogens (tertiary/aromatic N) is 1. The second-order valence-corrected chi connectivity index (χ2v) is 3.47. The number of aromatic nitrogens is 1. The molecule has 2 aromatic rings. The molecule has 0 radical (unpaired) electrons. The molecule has 1 aromatic carbocycles. The van der Waals surface area contributed by atoms with Crippen LogP contribution >= 0.6 is 0 Å². The summed E-state index contributed by atoms with van der Waals surface area (Å²) in [5.74, 6) is -3.76. The van der Waals surface area contributed by atoms with E-state index in [0.29, 0.717) is 10.8 Å². The van der Waals surface area contributed by atoms with Crippen molar-refractivity contribution in [3.8, 4) is 0 Å². The molecule has 1 aromatic heterocycles. The van der Waals surface area contributed by atoms with Crippen molar-refractivity contribution in [3.05, 3.63) is 45.9 Å². The number of rotatable bonds is 2. The fraction of sp³-hybridized carbons (Fsp3) is 0.0909. The summed E-state index contributed by atoms with van der Waals surface area (Å²) in [6.45, 7) is 0. The summed E-state index contributed by atoms with van der Waals surface area (Å²) >= 11 is 0. The minimum absolute atomic E-state index is 0.00963. The first kappa shape index (κ1) is 12.0. The van der Waals surface area contributed by atoms with Crippen LogP contribution in [0.25, 0.3) is 10.8 Å². The summed E-state index contributed by atoms with van der Waals surface area (Å²) in [5.41, 5.74) is -1.34. The summed E-state index contributed by atoms with van der Waals surface area (Å²) in [6.07, 6.45) is 0. The lowest BCUT2D eigenvalue weighted by atomic mass is 10.1. The molecule has 18 heavy (non-hydrogen) atoms. The van der Waals surface area contributed by atoms with Gasteiger partial charge in [-0.05, 0) is 23.6 Å². The molecule has 1 N–H and O–H groups in total. The van der Waals surface area contributed by atoms with Gasteiger partial charge < -0.3 is 9.94 Å². The SMILES string of the molecule is COn1c(C(=O)O)cc2cc(F)c(F)cc2c1=O. The molecule has 1 heterocycles. The zero-order chi connectivity index (χ0) is 13.4. The van der Waals surface area contributed by atoms with Crippen LogP contribution in [0.3, 0.4) is 0 Å². The molecule has 2 rings (SSSR count). The van der Waals surface area contributed by atoms with Crippen molar-refractivity contribution >= 4 is 16.7 Å². The summed E-state index contributed by atoms with van der Waals surface area (Å²) in [6, 6.07) is 2.50. The Morgan fingerprint density at radius 3 is 2.44 bits per heavy atom. The molecule has 5 nitrogen and oxygen atoms in total. The number of carboxylic acids is 1. The number of aromatic carboxylic acids is 1. The Balaban J connectivity index is 2.96. The maximum Gasteiger partial charge on any atom is 0.356 e. The monoisotopic (exact) mass is 255 g/mol. The van der Waals surface area contributed by atoms with Gasteiger partial charge in [0, 0.05) is 0 Å². The number of hydrogen-bond acceptors (Lipinski definition) is 3. The molecule has 0 saturated carbocycles. The zero-order valence-corrected chi connectivity index (χ0v) is 9.11. The number of benzene rings is 1. The zero-order valence-electron chi connectivity index (χ0n) is 9.11. The number of hydrogen-bond donors (Lipinski definition) is 1. The summed E-state index contributed by atoms with van der Waals surface area (Å²) in [7, 11) is 1.10. The normalized spacial score (nSPS) is 10.6. The molecule has 7 heteroatoms. The average Bonchev–Trinajstić information content (AvgIpc) is 2.31. The Hall–Kier alpha value is -2.44. The molecular formula is C11H7F2NO4. The third-order valence-corrected chi connectivity index (χ3v) is 2.42. The number of carbonyl (C=O) groups is 1. The predicted molar refractivity (Wildman–Crippen MR) is 57.6 cm³/mol. The third kappa shape index (κ3) is 1.69. The van der Waals surface area contributed by atoms with Crippen LogP contribution < -0.4 is 10.4 Å². The van der Waals surface area contributed by atoms with Gasteiger partial charge in [0.15, 0.2) is 17.3 Å². The van der Waals surface area contributed by atoms with Crippen LogP contribution in [-0.4, -0.2) is 22.9 Å². The molecule has 0 spiro atoms. The smallest absolute Gasteiger partial charge is 0.356 e. The van der Waals surface area contributed by atoms with Crippen molar-refractivity contribution in [1.82, 2.24) is 4.73 Å². The molecule has 0 aliphatic heterocycles. The highest BCUT2D eigenvalue weighted by Gasteiger charge is 2.17. The van der Waals surface area contributed by atoms with Gasteiger partial charge in [0.2, 0.25) is 0 Å². The van der Waals surface area contributed by atoms with E-state index >= 15 is 0 Å². The van der Waals surface area contributed by atoms with Gasteiger partial charge in [-0.1, -0.05) is 0 Å². The van der Waals surface area contributed by atoms with Gasteiger partial charge >= 0.3 is 5.97 Å². The van der Waals surface area contributed by atoms with Crippen LogP contribution in [0.2, 0.25) is 0 Å². The fourth-order valence-corrected chi connectivity index (χ4v) is 1.62. The predicted octanol–water partition coefficient (Wildman–Crippen LogP) is 1.04. The summed E-state index contributed by atoms with van der Waals surface area (Å²) in [4.78, 5) is 27.4. The summed E-state index contributed by atoms with van der Waals surface area (Å²) < 4.78 is 26.6. The number of halogens is 2. The molecule has 94 valence electrons. The lowest BCUT2D eigenvalue weighted by Gasteiger charge is -2.09. The first-order chi connectivity index (χ1) is 8.45. The highest BCUT2D eigenvalue weighted by Crippen LogP contribution is 2.16. The van der Waals surface area contributed by atoms with E-state index in [9.17, 15) is 18.4 Å². The van der Waals surface area contributed by atoms with Crippen molar-refractivity contribution in [2.75, 3.05) is 7.11 Å². The van der Waals surface area contributed by atoms with Crippen LogP contribution in [0.5, 0.6) is 0 Å². The highest BCUT2D eigenvalue weighted by atomic mass is 19.2. The largest absolute Gasteiger partial charge is 0.476 e. The lowest BCUT2D eigenvalue weighted by Crippen LogP contribution is -2.30. The Bertz CT molecular complexity index is 708. The van der Waals surface area contributed by atoms with Crippen LogP contribution in [-0.2, 0) is 0 Å². The minimum Gasteiger partial charge on any atom is -0.476 e. The minimum atomic E-state index is -1.42. The number of carboxylic acid groups (broad SMARTS) is 1. The topological polar surface area (TPSA) is 68.5 Å². The second-order valence-electron chi connectivity index (χ2n) is 3.47. The van der Waals surface area contributed by atoms with E-state index in [-0.39, 0.29) is 10.8 Å². The van der Waals surface area contributed by atoms with Gasteiger partial charge in [0.05, 0.1) is 5.39 Å². The average molecular weight is 255 g/mol. The van der Waals surface area contributed by atoms with Crippen LogP contribution in [0, 0.1) is 11.6 Å².